The number of nitrogens with zero attached hydrogens (tertiary/aromatic N) is 5. The van der Waals surface area contributed by atoms with E-state index in [-0.39, 0.29) is 11.8 Å². The first kappa shape index (κ1) is 25.2. The number of para-hydroxylation sites is 1. The molecule has 2 atom stereocenters. The van der Waals surface area contributed by atoms with Crippen LogP contribution >= 0.6 is 0 Å². The van der Waals surface area contributed by atoms with Crippen molar-refractivity contribution in [1.82, 2.24) is 24.7 Å². The van der Waals surface area contributed by atoms with Crippen molar-refractivity contribution in [1.29, 1.82) is 0 Å². The van der Waals surface area contributed by atoms with Crippen LogP contribution in [0.2, 0.25) is 0 Å². The highest BCUT2D eigenvalue weighted by atomic mass is 32.2. The van der Waals surface area contributed by atoms with Crippen LogP contribution in [-0.2, 0) is 10.0 Å². The number of furan rings is 1. The van der Waals surface area contributed by atoms with Gasteiger partial charge >= 0.3 is 0 Å². The molecule has 190 valence electrons. The zero-order valence-corrected chi connectivity index (χ0v) is 21.7. The number of rotatable bonds is 9. The molecule has 4 aromatic rings. The summed E-state index contributed by atoms with van der Waals surface area (Å²) < 4.78 is 48.0. The molecule has 0 radical (unpaired) electrons. The Morgan fingerprint density at radius 1 is 0.972 bits per heavy atom. The molecule has 0 spiro atoms. The lowest BCUT2D eigenvalue weighted by molar-refractivity contribution is 0.391. The summed E-state index contributed by atoms with van der Waals surface area (Å²) in [6.07, 6.45) is 3.32. The molecule has 4 rings (SSSR count). The molecule has 3 aromatic heterocycles. The van der Waals surface area contributed by atoms with Crippen molar-refractivity contribution >= 4 is 16.0 Å². The molecular formula is C24H28N6O5S. The van der Waals surface area contributed by atoms with Crippen molar-refractivity contribution in [2.45, 2.75) is 38.9 Å². The number of anilines is 1. The Kier molecular flexibility index (Phi) is 6.97. The van der Waals surface area contributed by atoms with E-state index in [0.717, 1.165) is 5.56 Å². The van der Waals surface area contributed by atoms with E-state index in [4.69, 9.17) is 13.9 Å². The second-order valence-corrected chi connectivity index (χ2v) is 10.4. The van der Waals surface area contributed by atoms with E-state index in [1.165, 1.54) is 18.8 Å². The van der Waals surface area contributed by atoms with Crippen LogP contribution in [0.25, 0.3) is 17.3 Å². The van der Waals surface area contributed by atoms with E-state index in [0.29, 0.717) is 34.5 Å². The van der Waals surface area contributed by atoms with Gasteiger partial charge in [0.1, 0.15) is 28.8 Å². The third-order valence-corrected chi connectivity index (χ3v) is 7.74. The molecule has 0 amide bonds. The lowest BCUT2D eigenvalue weighted by Gasteiger charge is -2.21. The van der Waals surface area contributed by atoms with Gasteiger partial charge in [0.25, 0.3) is 0 Å². The zero-order chi connectivity index (χ0) is 26.0. The quantitative estimate of drug-likeness (QED) is 0.354. The van der Waals surface area contributed by atoms with Crippen LogP contribution in [0.3, 0.4) is 0 Å². The third-order valence-electron chi connectivity index (χ3n) is 5.88. The Bertz CT molecular complexity index is 1440. The average Bonchev–Trinajstić information content (AvgIpc) is 3.48. The maximum Gasteiger partial charge on any atom is 0.243 e. The highest BCUT2D eigenvalue weighted by Gasteiger charge is 2.32. The molecule has 3 heterocycles. The van der Waals surface area contributed by atoms with Gasteiger partial charge in [0, 0.05) is 18.3 Å². The maximum atomic E-state index is 13.5. The minimum atomic E-state index is -3.97. The van der Waals surface area contributed by atoms with Gasteiger partial charge in [0.05, 0.1) is 19.5 Å². The Morgan fingerprint density at radius 3 is 2.17 bits per heavy atom. The summed E-state index contributed by atoms with van der Waals surface area (Å²) in [4.78, 5) is 8.59. The summed E-state index contributed by atoms with van der Waals surface area (Å²) >= 11 is 0. The van der Waals surface area contributed by atoms with Gasteiger partial charge in [-0.1, -0.05) is 13.0 Å². The molecule has 1 aromatic carbocycles. The summed E-state index contributed by atoms with van der Waals surface area (Å²) in [7, 11) is -0.953. The lowest BCUT2D eigenvalue weighted by Crippen LogP contribution is -2.31. The predicted molar refractivity (Wildman–Crippen MR) is 134 cm³/mol. The van der Waals surface area contributed by atoms with Crippen LogP contribution in [0.5, 0.6) is 11.5 Å². The summed E-state index contributed by atoms with van der Waals surface area (Å²) in [6.45, 7) is 7.03. The van der Waals surface area contributed by atoms with E-state index in [1.54, 1.807) is 63.5 Å². The van der Waals surface area contributed by atoms with Crippen LogP contribution in [0.4, 0.5) is 5.95 Å². The van der Waals surface area contributed by atoms with E-state index in [1.807, 2.05) is 6.92 Å². The Balaban J connectivity index is 1.81. The fraction of sp³-hybridized carbons (Fsp3) is 0.333. The topological polar surface area (TPSA) is 134 Å². The fourth-order valence-electron chi connectivity index (χ4n) is 3.67. The second-order valence-electron chi connectivity index (χ2n) is 8.36. The van der Waals surface area contributed by atoms with Crippen molar-refractivity contribution < 1.29 is 22.3 Å². The molecule has 0 fully saturated rings. The minimum absolute atomic E-state index is 0.0503. The number of nitrogens with one attached hydrogen (secondary N) is 1. The average molecular weight is 513 g/mol. The predicted octanol–water partition coefficient (Wildman–Crippen LogP) is 3.89. The Hall–Kier alpha value is -3.93. The van der Waals surface area contributed by atoms with Gasteiger partial charge in [0.15, 0.2) is 5.76 Å². The molecule has 12 heteroatoms. The van der Waals surface area contributed by atoms with Crippen LogP contribution < -0.4 is 14.2 Å². The van der Waals surface area contributed by atoms with E-state index >= 15 is 0 Å². The molecule has 0 saturated heterocycles. The van der Waals surface area contributed by atoms with Crippen LogP contribution in [-0.4, -0.2) is 52.6 Å². The fourth-order valence-corrected chi connectivity index (χ4v) is 4.90. The summed E-state index contributed by atoms with van der Waals surface area (Å²) in [5.41, 5.74) is 1.30. The monoisotopic (exact) mass is 512 g/mol. The van der Waals surface area contributed by atoms with Crippen molar-refractivity contribution in [3.05, 3.63) is 59.9 Å². The molecule has 0 aliphatic heterocycles. The highest BCUT2D eigenvalue weighted by Crippen LogP contribution is 2.38. The van der Waals surface area contributed by atoms with Crippen LogP contribution in [0.15, 0.2) is 47.1 Å². The molecule has 0 aliphatic rings. The first-order valence-corrected chi connectivity index (χ1v) is 12.7. The number of hydrogen-bond acceptors (Lipinski definition) is 9. The maximum absolute atomic E-state index is 13.5. The molecular weight excluding hydrogens is 484 g/mol. The van der Waals surface area contributed by atoms with Crippen molar-refractivity contribution in [3.8, 4) is 28.8 Å². The molecule has 11 nitrogen and oxygen atoms in total. The van der Waals surface area contributed by atoms with Gasteiger partial charge in [-0.15, -0.1) is 10.2 Å². The van der Waals surface area contributed by atoms with Crippen molar-refractivity contribution in [3.63, 3.8) is 0 Å². The van der Waals surface area contributed by atoms with Gasteiger partial charge in [-0.05, 0) is 50.6 Å². The number of ether oxygens (including phenoxy) is 2. The zero-order valence-electron chi connectivity index (χ0n) is 20.9. The number of sulfonamides is 1. The van der Waals surface area contributed by atoms with E-state index < -0.39 is 21.2 Å². The van der Waals surface area contributed by atoms with E-state index in [9.17, 15) is 8.42 Å². The molecule has 36 heavy (non-hydrogen) atoms. The van der Waals surface area contributed by atoms with Crippen molar-refractivity contribution in [2.24, 2.45) is 0 Å². The van der Waals surface area contributed by atoms with Gasteiger partial charge in [-0.3, -0.25) is 9.29 Å². The smallest absolute Gasteiger partial charge is 0.243 e. The number of hydrogen-bond donors (Lipinski definition) is 1. The molecule has 1 unspecified atom stereocenters. The minimum Gasteiger partial charge on any atom is -0.494 e. The standard InChI is InChI=1S/C24H28N6O5S/c1-14-12-25-22(26-13-14)16(3)17(4)36(31,32)29-24-28-27-23(20-11-10-15(2)35-20)30(24)21-18(33-5)8-7-9-19(21)34-6/h7-13,16-17H,1-6H3,(H,28,29)/t16?,17-/m0/s1. The number of aryl methyl sites for hydroxylation is 2. The van der Waals surface area contributed by atoms with Crippen LogP contribution in [0, 0.1) is 13.8 Å². The number of methoxy groups -OCH3 is 2. The lowest BCUT2D eigenvalue weighted by atomic mass is 10.1. The SMILES string of the molecule is COc1cccc(OC)c1-n1c(NS(=O)(=O)[C@@H](C)C(C)c2ncc(C)cn2)nnc1-c1ccc(C)o1. The normalized spacial score (nSPS) is 13.3. The van der Waals surface area contributed by atoms with Gasteiger partial charge < -0.3 is 13.9 Å². The van der Waals surface area contributed by atoms with E-state index in [2.05, 4.69) is 24.9 Å². The van der Waals surface area contributed by atoms with Gasteiger partial charge in [-0.2, -0.15) is 0 Å². The number of aromatic nitrogens is 5. The number of benzene rings is 1. The van der Waals surface area contributed by atoms with Crippen molar-refractivity contribution in [2.75, 3.05) is 18.9 Å². The summed E-state index contributed by atoms with van der Waals surface area (Å²) in [5.74, 6) is 2.06. The molecule has 1 N–H and O–H groups in total. The molecule has 0 bridgehead atoms. The first-order valence-electron chi connectivity index (χ1n) is 11.2. The second kappa shape index (κ2) is 9.97. The Labute approximate surface area is 209 Å². The summed E-state index contributed by atoms with van der Waals surface area (Å²) in [5, 5.41) is 7.51. The van der Waals surface area contributed by atoms with Gasteiger partial charge in [0.2, 0.25) is 21.8 Å². The largest absolute Gasteiger partial charge is 0.494 e. The Morgan fingerprint density at radius 2 is 1.61 bits per heavy atom. The summed E-state index contributed by atoms with van der Waals surface area (Å²) in [6, 6.07) is 8.73. The van der Waals surface area contributed by atoms with Crippen LogP contribution in [0.1, 0.15) is 36.9 Å². The highest BCUT2D eigenvalue weighted by molar-refractivity contribution is 7.93. The van der Waals surface area contributed by atoms with Gasteiger partial charge in [-0.25, -0.2) is 18.4 Å². The molecule has 0 aliphatic carbocycles. The third kappa shape index (κ3) is 4.76. The first-order chi connectivity index (χ1) is 17.2. The molecule has 0 saturated carbocycles.